The van der Waals surface area contributed by atoms with Crippen LogP contribution in [0.3, 0.4) is 0 Å². The molecular formula is C18H26FNO2. The zero-order valence-corrected chi connectivity index (χ0v) is 13.5. The van der Waals surface area contributed by atoms with Crippen LogP contribution in [0.1, 0.15) is 25.8 Å². The van der Waals surface area contributed by atoms with E-state index in [9.17, 15) is 9.50 Å². The van der Waals surface area contributed by atoms with Crippen LogP contribution in [0.4, 0.5) is 4.39 Å². The van der Waals surface area contributed by atoms with Crippen molar-refractivity contribution in [3.8, 4) is 12.3 Å². The van der Waals surface area contributed by atoms with Gasteiger partial charge in [-0.3, -0.25) is 4.90 Å². The van der Waals surface area contributed by atoms with Gasteiger partial charge in [-0.2, -0.15) is 0 Å². The average molecular weight is 307 g/mol. The van der Waals surface area contributed by atoms with Gasteiger partial charge in [0.05, 0.1) is 12.7 Å². The van der Waals surface area contributed by atoms with Crippen LogP contribution in [0, 0.1) is 24.1 Å². The van der Waals surface area contributed by atoms with Gasteiger partial charge in [0, 0.05) is 18.7 Å². The predicted octanol–water partition coefficient (Wildman–Crippen LogP) is 2.68. The summed E-state index contributed by atoms with van der Waals surface area (Å²) in [7, 11) is 0. The van der Waals surface area contributed by atoms with E-state index in [0.717, 1.165) is 13.0 Å². The van der Waals surface area contributed by atoms with Crippen molar-refractivity contribution in [2.45, 2.75) is 32.9 Å². The standard InChI is InChI=1S/C18H26FNO2/c1-4-11-22-14-17(21)13-20(10-9-15(2)3)12-16-7-5-6-8-18(16)19/h1,5-8,15,17,21H,9-14H2,2-3H3/t17-/m1/s1. The Bertz CT molecular complexity index is 470. The summed E-state index contributed by atoms with van der Waals surface area (Å²) in [6, 6.07) is 6.74. The van der Waals surface area contributed by atoms with Crippen molar-refractivity contribution in [2.75, 3.05) is 26.3 Å². The number of ether oxygens (including phenoxy) is 1. The monoisotopic (exact) mass is 307 g/mol. The number of rotatable bonds is 10. The van der Waals surface area contributed by atoms with Gasteiger partial charge in [0.2, 0.25) is 0 Å². The van der Waals surface area contributed by atoms with Crippen molar-refractivity contribution in [3.05, 3.63) is 35.6 Å². The summed E-state index contributed by atoms with van der Waals surface area (Å²) < 4.78 is 19.0. The first-order valence-corrected chi connectivity index (χ1v) is 7.68. The number of benzene rings is 1. The first kappa shape index (κ1) is 18.6. The Labute approximate surface area is 133 Å². The Morgan fingerprint density at radius 3 is 2.73 bits per heavy atom. The fraction of sp³-hybridized carbons (Fsp3) is 0.556. The van der Waals surface area contributed by atoms with Gasteiger partial charge >= 0.3 is 0 Å². The molecule has 0 radical (unpaired) electrons. The molecule has 4 heteroatoms. The topological polar surface area (TPSA) is 32.7 Å². The van der Waals surface area contributed by atoms with Gasteiger partial charge in [-0.15, -0.1) is 6.42 Å². The maximum absolute atomic E-state index is 13.8. The third-order valence-corrected chi connectivity index (χ3v) is 3.34. The molecule has 0 saturated heterocycles. The zero-order chi connectivity index (χ0) is 16.4. The van der Waals surface area contributed by atoms with Crippen LogP contribution >= 0.6 is 0 Å². The molecule has 1 atom stereocenters. The molecule has 1 aromatic rings. The summed E-state index contributed by atoms with van der Waals surface area (Å²) in [5, 5.41) is 10.0. The number of hydrogen-bond donors (Lipinski definition) is 1. The van der Waals surface area contributed by atoms with E-state index in [1.165, 1.54) is 6.07 Å². The van der Waals surface area contributed by atoms with Crippen LogP contribution < -0.4 is 0 Å². The molecule has 3 nitrogen and oxygen atoms in total. The molecule has 0 saturated carbocycles. The van der Waals surface area contributed by atoms with E-state index in [1.807, 2.05) is 6.07 Å². The minimum atomic E-state index is -0.632. The lowest BCUT2D eigenvalue weighted by atomic mass is 10.1. The average Bonchev–Trinajstić information content (AvgIpc) is 2.47. The predicted molar refractivity (Wildman–Crippen MR) is 86.8 cm³/mol. The maximum Gasteiger partial charge on any atom is 0.127 e. The molecule has 0 heterocycles. The molecular weight excluding hydrogens is 281 g/mol. The second-order valence-electron chi connectivity index (χ2n) is 5.88. The van der Waals surface area contributed by atoms with E-state index < -0.39 is 6.10 Å². The molecule has 1 N–H and O–H groups in total. The quantitative estimate of drug-likeness (QED) is 0.533. The lowest BCUT2D eigenvalue weighted by Crippen LogP contribution is -2.36. The summed E-state index contributed by atoms with van der Waals surface area (Å²) in [5.41, 5.74) is 0.642. The van der Waals surface area contributed by atoms with Gasteiger partial charge in [0.15, 0.2) is 0 Å². The number of terminal acetylenes is 1. The summed E-state index contributed by atoms with van der Waals surface area (Å²) in [6.07, 6.45) is 5.47. The molecule has 0 unspecified atom stereocenters. The van der Waals surface area contributed by atoms with E-state index in [0.29, 0.717) is 24.6 Å². The third kappa shape index (κ3) is 7.56. The van der Waals surface area contributed by atoms with Gasteiger partial charge < -0.3 is 9.84 Å². The first-order valence-electron chi connectivity index (χ1n) is 7.68. The second-order valence-corrected chi connectivity index (χ2v) is 5.88. The molecule has 0 aromatic heterocycles. The summed E-state index contributed by atoms with van der Waals surface area (Å²) >= 11 is 0. The van der Waals surface area contributed by atoms with Crippen molar-refractivity contribution >= 4 is 0 Å². The molecule has 1 rings (SSSR count). The molecule has 0 spiro atoms. The Morgan fingerprint density at radius 1 is 1.36 bits per heavy atom. The van der Waals surface area contributed by atoms with E-state index in [-0.39, 0.29) is 19.0 Å². The van der Waals surface area contributed by atoms with E-state index in [2.05, 4.69) is 24.7 Å². The molecule has 0 aliphatic heterocycles. The summed E-state index contributed by atoms with van der Waals surface area (Å²) in [6.45, 7) is 6.40. The highest BCUT2D eigenvalue weighted by Gasteiger charge is 2.14. The molecule has 22 heavy (non-hydrogen) atoms. The lowest BCUT2D eigenvalue weighted by molar-refractivity contribution is 0.0250. The number of hydrogen-bond acceptors (Lipinski definition) is 3. The molecule has 1 aromatic carbocycles. The van der Waals surface area contributed by atoms with Gasteiger partial charge in [-0.05, 0) is 24.9 Å². The van der Waals surface area contributed by atoms with Crippen LogP contribution in [0.15, 0.2) is 24.3 Å². The zero-order valence-electron chi connectivity index (χ0n) is 13.5. The smallest absolute Gasteiger partial charge is 0.127 e. The first-order chi connectivity index (χ1) is 10.5. The number of halogens is 1. The van der Waals surface area contributed by atoms with Crippen molar-refractivity contribution in [1.82, 2.24) is 4.90 Å². The normalized spacial score (nSPS) is 12.6. The van der Waals surface area contributed by atoms with E-state index >= 15 is 0 Å². The van der Waals surface area contributed by atoms with E-state index in [4.69, 9.17) is 11.2 Å². The van der Waals surface area contributed by atoms with Crippen molar-refractivity contribution < 1.29 is 14.2 Å². The SMILES string of the molecule is C#CCOC[C@H](O)CN(CCC(C)C)Cc1ccccc1F. The minimum absolute atomic E-state index is 0.191. The Hall–Kier alpha value is -1.41. The molecule has 0 bridgehead atoms. The van der Waals surface area contributed by atoms with Crippen LogP contribution in [0.2, 0.25) is 0 Å². The van der Waals surface area contributed by atoms with Crippen LogP contribution in [0.25, 0.3) is 0 Å². The number of nitrogens with zero attached hydrogens (tertiary/aromatic N) is 1. The minimum Gasteiger partial charge on any atom is -0.389 e. The Morgan fingerprint density at radius 2 is 2.09 bits per heavy atom. The van der Waals surface area contributed by atoms with Crippen LogP contribution in [-0.2, 0) is 11.3 Å². The number of aliphatic hydroxyl groups excluding tert-OH is 1. The van der Waals surface area contributed by atoms with Gasteiger partial charge in [0.25, 0.3) is 0 Å². The Kier molecular flexibility index (Phi) is 8.76. The molecule has 0 fully saturated rings. The largest absolute Gasteiger partial charge is 0.389 e. The molecule has 0 aliphatic rings. The fourth-order valence-corrected chi connectivity index (χ4v) is 2.15. The fourth-order valence-electron chi connectivity index (χ4n) is 2.15. The van der Waals surface area contributed by atoms with Crippen molar-refractivity contribution in [1.29, 1.82) is 0 Å². The third-order valence-electron chi connectivity index (χ3n) is 3.34. The highest BCUT2D eigenvalue weighted by molar-refractivity contribution is 5.17. The molecule has 0 aliphatic carbocycles. The Balaban J connectivity index is 2.59. The lowest BCUT2D eigenvalue weighted by Gasteiger charge is -2.26. The van der Waals surface area contributed by atoms with Crippen LogP contribution in [0.5, 0.6) is 0 Å². The molecule has 122 valence electrons. The highest BCUT2D eigenvalue weighted by atomic mass is 19.1. The maximum atomic E-state index is 13.8. The van der Waals surface area contributed by atoms with Crippen molar-refractivity contribution in [3.63, 3.8) is 0 Å². The van der Waals surface area contributed by atoms with E-state index in [1.54, 1.807) is 12.1 Å². The number of aliphatic hydroxyl groups is 1. The van der Waals surface area contributed by atoms with Crippen molar-refractivity contribution in [2.24, 2.45) is 5.92 Å². The summed E-state index contributed by atoms with van der Waals surface area (Å²) in [4.78, 5) is 2.06. The van der Waals surface area contributed by atoms with Crippen LogP contribution in [-0.4, -0.2) is 42.4 Å². The second kappa shape index (κ2) is 10.3. The molecule has 0 amide bonds. The highest BCUT2D eigenvalue weighted by Crippen LogP contribution is 2.12. The summed E-state index contributed by atoms with van der Waals surface area (Å²) in [5.74, 6) is 2.71. The van der Waals surface area contributed by atoms with Gasteiger partial charge in [-0.25, -0.2) is 4.39 Å². The van der Waals surface area contributed by atoms with Gasteiger partial charge in [0.1, 0.15) is 12.4 Å². The van der Waals surface area contributed by atoms with Gasteiger partial charge in [-0.1, -0.05) is 38.0 Å².